The Balaban J connectivity index is 1.72. The second-order valence-corrected chi connectivity index (χ2v) is 8.02. The third-order valence-electron chi connectivity index (χ3n) is 4.28. The third-order valence-corrected chi connectivity index (χ3v) is 5.93. The summed E-state index contributed by atoms with van der Waals surface area (Å²) in [4.78, 5) is 7.95. The molecule has 2 atom stereocenters. The molecule has 3 nitrogen and oxygen atoms in total. The third kappa shape index (κ3) is 3.40. The van der Waals surface area contributed by atoms with Crippen LogP contribution >= 0.6 is 35.2 Å². The Bertz CT molecular complexity index is 867. The molecule has 1 fully saturated rings. The van der Waals surface area contributed by atoms with Gasteiger partial charge >= 0.3 is 0 Å². The lowest BCUT2D eigenvalue weighted by Crippen LogP contribution is -2.28. The molecule has 25 heavy (non-hydrogen) atoms. The van der Waals surface area contributed by atoms with E-state index in [2.05, 4.69) is 45.5 Å². The molecule has 6 heteroatoms. The molecule has 0 aliphatic carbocycles. The van der Waals surface area contributed by atoms with Crippen molar-refractivity contribution in [3.63, 3.8) is 0 Å². The van der Waals surface area contributed by atoms with Gasteiger partial charge < -0.3 is 10.2 Å². The molecule has 0 radical (unpaired) electrons. The first-order valence-corrected chi connectivity index (χ1v) is 9.60. The molecule has 3 aromatic rings. The van der Waals surface area contributed by atoms with E-state index in [1.54, 1.807) is 11.3 Å². The summed E-state index contributed by atoms with van der Waals surface area (Å²) in [6, 6.07) is 20.4. The predicted molar refractivity (Wildman–Crippen MR) is 107 cm³/mol. The number of rotatable bonds is 4. The van der Waals surface area contributed by atoms with Crippen molar-refractivity contribution in [2.75, 3.05) is 0 Å². The maximum atomic E-state index is 6.21. The van der Waals surface area contributed by atoms with E-state index in [1.165, 1.54) is 10.4 Å². The second kappa shape index (κ2) is 7.12. The van der Waals surface area contributed by atoms with E-state index in [1.807, 2.05) is 36.5 Å². The monoisotopic (exact) mass is 385 g/mol. The largest absolute Gasteiger partial charge is 0.352 e. The molecule has 2 aromatic heterocycles. The zero-order valence-corrected chi connectivity index (χ0v) is 15.7. The van der Waals surface area contributed by atoms with Gasteiger partial charge in [-0.05, 0) is 42.0 Å². The topological polar surface area (TPSA) is 28.2 Å². The molecular weight excluding hydrogens is 370 g/mol. The van der Waals surface area contributed by atoms with E-state index >= 15 is 0 Å². The molecule has 1 N–H and O–H groups in total. The standard InChI is InChI=1S/C19H16ClN3S2/c20-16-10-9-15(25-16)18-17(14-8-4-5-11-21-14)22-19(24)23(18)12-13-6-2-1-3-7-13/h1-11,17-18H,12H2,(H,22,24)/t17-,18+/m1/s1. The lowest BCUT2D eigenvalue weighted by atomic mass is 10.0. The smallest absolute Gasteiger partial charge is 0.170 e. The van der Waals surface area contributed by atoms with Crippen LogP contribution in [0, 0.1) is 0 Å². The van der Waals surface area contributed by atoms with Crippen LogP contribution in [0.1, 0.15) is 28.2 Å². The van der Waals surface area contributed by atoms with Crippen LogP contribution in [-0.4, -0.2) is 15.0 Å². The normalized spacial score (nSPS) is 19.9. The minimum Gasteiger partial charge on any atom is -0.352 e. The molecule has 1 aromatic carbocycles. The van der Waals surface area contributed by atoms with Crippen LogP contribution in [0.3, 0.4) is 0 Å². The highest BCUT2D eigenvalue weighted by atomic mass is 35.5. The van der Waals surface area contributed by atoms with Crippen LogP contribution in [0.25, 0.3) is 0 Å². The van der Waals surface area contributed by atoms with E-state index < -0.39 is 0 Å². The summed E-state index contributed by atoms with van der Waals surface area (Å²) in [5.74, 6) is 0. The van der Waals surface area contributed by atoms with Crippen LogP contribution < -0.4 is 5.32 Å². The number of thiophene rings is 1. The van der Waals surface area contributed by atoms with Gasteiger partial charge in [-0.2, -0.15) is 0 Å². The fourth-order valence-electron chi connectivity index (χ4n) is 3.15. The van der Waals surface area contributed by atoms with E-state index in [9.17, 15) is 0 Å². The molecular formula is C19H16ClN3S2. The Labute approximate surface area is 161 Å². The molecule has 1 aliphatic heterocycles. The zero-order valence-electron chi connectivity index (χ0n) is 13.3. The van der Waals surface area contributed by atoms with Crippen molar-refractivity contribution in [2.45, 2.75) is 18.6 Å². The lowest BCUT2D eigenvalue weighted by Gasteiger charge is -2.26. The van der Waals surface area contributed by atoms with Crippen LogP contribution in [0.15, 0.2) is 66.9 Å². The van der Waals surface area contributed by atoms with Gasteiger partial charge in [-0.3, -0.25) is 4.98 Å². The summed E-state index contributed by atoms with van der Waals surface area (Å²) in [7, 11) is 0. The molecule has 0 spiro atoms. The van der Waals surface area contributed by atoms with Gasteiger partial charge in [0, 0.05) is 17.6 Å². The molecule has 0 saturated carbocycles. The van der Waals surface area contributed by atoms with E-state index in [0.29, 0.717) is 0 Å². The molecule has 126 valence electrons. The lowest BCUT2D eigenvalue weighted by molar-refractivity contribution is 0.315. The fraction of sp³-hybridized carbons (Fsp3) is 0.158. The Morgan fingerprint density at radius 1 is 1.08 bits per heavy atom. The number of hydrogen-bond donors (Lipinski definition) is 1. The Morgan fingerprint density at radius 3 is 2.56 bits per heavy atom. The summed E-state index contributed by atoms with van der Waals surface area (Å²) >= 11 is 13.5. The highest BCUT2D eigenvalue weighted by Gasteiger charge is 2.40. The summed E-state index contributed by atoms with van der Waals surface area (Å²) in [5.41, 5.74) is 2.20. The number of hydrogen-bond acceptors (Lipinski definition) is 3. The minimum absolute atomic E-state index is 0.00660. The van der Waals surface area contributed by atoms with Crippen molar-refractivity contribution >= 4 is 40.3 Å². The first-order valence-electron chi connectivity index (χ1n) is 7.99. The van der Waals surface area contributed by atoms with Crippen LogP contribution in [0.2, 0.25) is 4.34 Å². The molecule has 0 bridgehead atoms. The Hall–Kier alpha value is -1.95. The Kier molecular flexibility index (Phi) is 4.70. The number of aromatic nitrogens is 1. The maximum Gasteiger partial charge on any atom is 0.170 e. The van der Waals surface area contributed by atoms with Gasteiger partial charge in [0.15, 0.2) is 5.11 Å². The highest BCUT2D eigenvalue weighted by molar-refractivity contribution is 7.80. The number of nitrogens with one attached hydrogen (secondary N) is 1. The van der Waals surface area contributed by atoms with Gasteiger partial charge in [0.2, 0.25) is 0 Å². The van der Waals surface area contributed by atoms with E-state index in [0.717, 1.165) is 21.7 Å². The molecule has 3 heterocycles. The SMILES string of the molecule is S=C1N[C@H](c2ccccn2)[C@H](c2ccc(Cl)s2)N1Cc1ccccc1. The van der Waals surface area contributed by atoms with Crippen molar-refractivity contribution in [3.05, 3.63) is 87.3 Å². The molecule has 0 amide bonds. The van der Waals surface area contributed by atoms with Gasteiger partial charge in [0.25, 0.3) is 0 Å². The minimum atomic E-state index is 0.00660. The van der Waals surface area contributed by atoms with Crippen molar-refractivity contribution in [2.24, 2.45) is 0 Å². The quantitative estimate of drug-likeness (QED) is 0.642. The number of pyridine rings is 1. The second-order valence-electron chi connectivity index (χ2n) is 5.88. The van der Waals surface area contributed by atoms with Gasteiger partial charge in [-0.15, -0.1) is 11.3 Å². The summed E-state index contributed by atoms with van der Waals surface area (Å²) < 4.78 is 0.784. The van der Waals surface area contributed by atoms with Crippen molar-refractivity contribution < 1.29 is 0 Å². The molecule has 4 rings (SSSR count). The Morgan fingerprint density at radius 2 is 1.88 bits per heavy atom. The van der Waals surface area contributed by atoms with Gasteiger partial charge in [-0.25, -0.2) is 0 Å². The van der Waals surface area contributed by atoms with E-state index in [4.69, 9.17) is 23.8 Å². The van der Waals surface area contributed by atoms with E-state index in [-0.39, 0.29) is 12.1 Å². The van der Waals surface area contributed by atoms with Crippen molar-refractivity contribution in [1.82, 2.24) is 15.2 Å². The summed E-state index contributed by atoms with van der Waals surface area (Å²) in [6.07, 6.45) is 1.82. The van der Waals surface area contributed by atoms with Crippen LogP contribution in [0.4, 0.5) is 0 Å². The number of benzene rings is 1. The summed E-state index contributed by atoms with van der Waals surface area (Å²) in [5, 5.41) is 4.20. The molecule has 1 saturated heterocycles. The van der Waals surface area contributed by atoms with Gasteiger partial charge in [-0.1, -0.05) is 48.0 Å². The average molecular weight is 386 g/mol. The highest BCUT2D eigenvalue weighted by Crippen LogP contribution is 2.42. The number of nitrogens with zero attached hydrogens (tertiary/aromatic N) is 2. The summed E-state index contributed by atoms with van der Waals surface area (Å²) in [6.45, 7) is 0.746. The maximum absolute atomic E-state index is 6.21. The predicted octanol–water partition coefficient (Wildman–Crippen LogP) is 4.97. The average Bonchev–Trinajstić information content (AvgIpc) is 3.20. The molecule has 0 unspecified atom stereocenters. The van der Waals surface area contributed by atoms with Crippen LogP contribution in [0.5, 0.6) is 0 Å². The molecule has 1 aliphatic rings. The van der Waals surface area contributed by atoms with Gasteiger partial charge in [0.05, 0.1) is 22.1 Å². The fourth-order valence-corrected chi connectivity index (χ4v) is 4.67. The van der Waals surface area contributed by atoms with Gasteiger partial charge in [0.1, 0.15) is 0 Å². The van der Waals surface area contributed by atoms with Crippen molar-refractivity contribution in [3.8, 4) is 0 Å². The number of halogens is 1. The van der Waals surface area contributed by atoms with Crippen LogP contribution in [-0.2, 0) is 6.54 Å². The first kappa shape index (κ1) is 16.5. The first-order chi connectivity index (χ1) is 12.2. The zero-order chi connectivity index (χ0) is 17.2. The van der Waals surface area contributed by atoms with Crippen molar-refractivity contribution in [1.29, 1.82) is 0 Å². The number of thiocarbonyl (C=S) groups is 1.